The van der Waals surface area contributed by atoms with Gasteiger partial charge in [-0.15, -0.1) is 0 Å². The van der Waals surface area contributed by atoms with Crippen LogP contribution in [0.15, 0.2) is 12.1 Å². The zero-order chi connectivity index (χ0) is 17.7. The van der Waals surface area contributed by atoms with E-state index in [9.17, 15) is 21.6 Å². The molecule has 0 amide bonds. The number of sulfonamides is 1. The summed E-state index contributed by atoms with van der Waals surface area (Å²) >= 11 is 0. The van der Waals surface area contributed by atoms with E-state index in [4.69, 9.17) is 0 Å². The van der Waals surface area contributed by atoms with Crippen molar-refractivity contribution in [1.82, 2.24) is 4.72 Å². The molecule has 0 radical (unpaired) electrons. The first kappa shape index (κ1) is 19.8. The van der Waals surface area contributed by atoms with Crippen LogP contribution >= 0.6 is 0 Å². The molecule has 0 bridgehead atoms. The molecule has 0 aromatic heterocycles. The Hall–Kier alpha value is -1.28. The number of hydrogen-bond donors (Lipinski definition) is 2. The van der Waals surface area contributed by atoms with Gasteiger partial charge in [0, 0.05) is 25.2 Å². The molecule has 0 fully saturated rings. The van der Waals surface area contributed by atoms with Crippen LogP contribution in [0, 0.1) is 17.5 Å². The fourth-order valence-corrected chi connectivity index (χ4v) is 2.62. The molecule has 0 saturated heterocycles. The van der Waals surface area contributed by atoms with E-state index in [-0.39, 0.29) is 5.69 Å². The highest BCUT2D eigenvalue weighted by atomic mass is 32.2. The van der Waals surface area contributed by atoms with Gasteiger partial charge in [-0.1, -0.05) is 6.42 Å². The summed E-state index contributed by atoms with van der Waals surface area (Å²) in [5.74, 6) is -2.91. The second-order valence-corrected chi connectivity index (χ2v) is 8.76. The molecule has 0 unspecified atom stereocenters. The van der Waals surface area contributed by atoms with Gasteiger partial charge in [0.1, 0.15) is 11.5 Å². The van der Waals surface area contributed by atoms with Crippen LogP contribution < -0.4 is 10.0 Å². The summed E-state index contributed by atoms with van der Waals surface area (Å²) in [5.41, 5.74) is -0.347. The Morgan fingerprint density at radius 1 is 0.957 bits per heavy atom. The van der Waals surface area contributed by atoms with Crippen molar-refractivity contribution in [1.29, 1.82) is 0 Å². The molecule has 8 heteroatoms. The minimum atomic E-state index is -3.35. The monoisotopic (exact) mass is 352 g/mol. The average molecular weight is 352 g/mol. The molecular weight excluding hydrogens is 329 g/mol. The smallest absolute Gasteiger partial charge is 0.216 e. The van der Waals surface area contributed by atoms with Gasteiger partial charge in [-0.05, 0) is 33.6 Å². The summed E-state index contributed by atoms with van der Waals surface area (Å²) in [6.07, 6.45) is 1.91. The number of unbranched alkanes of at least 4 members (excludes halogenated alkanes) is 2. The molecule has 0 aliphatic carbocycles. The summed E-state index contributed by atoms with van der Waals surface area (Å²) in [6.45, 7) is 5.48. The Morgan fingerprint density at radius 3 is 2.00 bits per heavy atom. The Kier molecular flexibility index (Phi) is 6.88. The Bertz CT molecular complexity index is 605. The number of benzene rings is 1. The molecule has 23 heavy (non-hydrogen) atoms. The van der Waals surface area contributed by atoms with E-state index in [1.54, 1.807) is 20.8 Å². The second kappa shape index (κ2) is 8.01. The first-order chi connectivity index (χ1) is 10.5. The maximum atomic E-state index is 13.4. The first-order valence-corrected chi connectivity index (χ1v) is 8.90. The number of rotatable bonds is 8. The zero-order valence-electron chi connectivity index (χ0n) is 13.5. The minimum absolute atomic E-state index is 0.311. The largest absolute Gasteiger partial charge is 0.380 e. The van der Waals surface area contributed by atoms with Gasteiger partial charge in [0.15, 0.2) is 11.6 Å². The van der Waals surface area contributed by atoms with Gasteiger partial charge < -0.3 is 5.32 Å². The Morgan fingerprint density at radius 2 is 1.48 bits per heavy atom. The number of halogens is 3. The van der Waals surface area contributed by atoms with E-state index in [1.807, 2.05) is 0 Å². The third kappa shape index (κ3) is 6.02. The number of anilines is 1. The SMILES string of the molecule is CC(C)(C)S(=O)(=O)NCCCCCNc1c(F)cc(F)cc1F. The third-order valence-corrected chi connectivity index (χ3v) is 5.46. The number of nitrogens with one attached hydrogen (secondary N) is 2. The van der Waals surface area contributed by atoms with Crippen molar-refractivity contribution in [2.75, 3.05) is 18.4 Å². The summed E-state index contributed by atoms with van der Waals surface area (Å²) in [4.78, 5) is 0. The van der Waals surface area contributed by atoms with Crippen LogP contribution in [0.5, 0.6) is 0 Å². The lowest BCUT2D eigenvalue weighted by atomic mass is 10.2. The molecular formula is C15H23F3N2O2S. The molecule has 4 nitrogen and oxygen atoms in total. The third-order valence-electron chi connectivity index (χ3n) is 3.26. The summed E-state index contributed by atoms with van der Waals surface area (Å²) in [7, 11) is -3.35. The molecule has 132 valence electrons. The predicted octanol–water partition coefficient (Wildman–Crippen LogP) is 3.40. The van der Waals surface area contributed by atoms with E-state index < -0.39 is 32.2 Å². The van der Waals surface area contributed by atoms with Crippen molar-refractivity contribution in [2.24, 2.45) is 0 Å². The molecule has 0 spiro atoms. The van der Waals surface area contributed by atoms with Crippen LogP contribution in [0.1, 0.15) is 40.0 Å². The summed E-state index contributed by atoms with van der Waals surface area (Å²) in [5, 5.41) is 2.58. The van der Waals surface area contributed by atoms with E-state index >= 15 is 0 Å². The van der Waals surface area contributed by atoms with Crippen LogP contribution in [-0.2, 0) is 10.0 Å². The van der Waals surface area contributed by atoms with Gasteiger partial charge in [0.05, 0.1) is 4.75 Å². The van der Waals surface area contributed by atoms with Crippen LogP contribution in [-0.4, -0.2) is 26.3 Å². The van der Waals surface area contributed by atoms with Gasteiger partial charge >= 0.3 is 0 Å². The predicted molar refractivity (Wildman–Crippen MR) is 85.3 cm³/mol. The van der Waals surface area contributed by atoms with Crippen LogP contribution in [0.3, 0.4) is 0 Å². The van der Waals surface area contributed by atoms with Gasteiger partial charge in [0.2, 0.25) is 10.0 Å². The van der Waals surface area contributed by atoms with Crippen molar-refractivity contribution in [3.63, 3.8) is 0 Å². The van der Waals surface area contributed by atoms with E-state index in [1.165, 1.54) is 0 Å². The normalized spacial score (nSPS) is 12.4. The fraction of sp³-hybridized carbons (Fsp3) is 0.600. The van der Waals surface area contributed by atoms with Crippen LogP contribution in [0.25, 0.3) is 0 Å². The summed E-state index contributed by atoms with van der Waals surface area (Å²) < 4.78 is 64.7. The Labute approximate surface area is 135 Å². The summed E-state index contributed by atoms with van der Waals surface area (Å²) in [6, 6.07) is 1.24. The molecule has 2 N–H and O–H groups in total. The molecule has 0 atom stereocenters. The lowest BCUT2D eigenvalue weighted by molar-refractivity contribution is 0.539. The molecule has 0 heterocycles. The second-order valence-electron chi connectivity index (χ2n) is 6.24. The minimum Gasteiger partial charge on any atom is -0.380 e. The lowest BCUT2D eigenvalue weighted by Gasteiger charge is -2.19. The number of hydrogen-bond acceptors (Lipinski definition) is 3. The first-order valence-electron chi connectivity index (χ1n) is 7.42. The zero-order valence-corrected chi connectivity index (χ0v) is 14.4. The maximum Gasteiger partial charge on any atom is 0.216 e. The molecule has 1 aromatic carbocycles. The van der Waals surface area contributed by atoms with E-state index in [2.05, 4.69) is 10.0 Å². The molecule has 0 aliphatic heterocycles. The standard InChI is InChI=1S/C15H23F3N2O2S/c1-15(2,3)23(21,22)20-8-6-4-5-7-19-14-12(17)9-11(16)10-13(14)18/h9-10,19-20H,4-8H2,1-3H3. The van der Waals surface area contributed by atoms with Crippen molar-refractivity contribution in [3.8, 4) is 0 Å². The lowest BCUT2D eigenvalue weighted by Crippen LogP contribution is -2.39. The van der Waals surface area contributed by atoms with E-state index in [0.29, 0.717) is 44.5 Å². The van der Waals surface area contributed by atoms with Crippen molar-refractivity contribution < 1.29 is 21.6 Å². The van der Waals surface area contributed by atoms with Crippen molar-refractivity contribution in [3.05, 3.63) is 29.6 Å². The van der Waals surface area contributed by atoms with Gasteiger partial charge in [-0.25, -0.2) is 26.3 Å². The maximum absolute atomic E-state index is 13.4. The van der Waals surface area contributed by atoms with Crippen molar-refractivity contribution in [2.45, 2.75) is 44.8 Å². The molecule has 1 aromatic rings. The van der Waals surface area contributed by atoms with Gasteiger partial charge in [-0.2, -0.15) is 0 Å². The van der Waals surface area contributed by atoms with Crippen molar-refractivity contribution >= 4 is 15.7 Å². The quantitative estimate of drug-likeness (QED) is 0.705. The molecule has 0 saturated carbocycles. The average Bonchev–Trinajstić information content (AvgIpc) is 2.38. The van der Waals surface area contributed by atoms with Crippen LogP contribution in [0.4, 0.5) is 18.9 Å². The van der Waals surface area contributed by atoms with Gasteiger partial charge in [-0.3, -0.25) is 0 Å². The van der Waals surface area contributed by atoms with Crippen LogP contribution in [0.2, 0.25) is 0 Å². The molecule has 0 aliphatic rings. The topological polar surface area (TPSA) is 58.2 Å². The highest BCUT2D eigenvalue weighted by molar-refractivity contribution is 7.90. The highest BCUT2D eigenvalue weighted by Gasteiger charge is 2.27. The van der Waals surface area contributed by atoms with E-state index in [0.717, 1.165) is 0 Å². The highest BCUT2D eigenvalue weighted by Crippen LogP contribution is 2.20. The Balaban J connectivity index is 2.27. The van der Waals surface area contributed by atoms with Gasteiger partial charge in [0.25, 0.3) is 0 Å². The molecule has 1 rings (SSSR count). The fourth-order valence-electron chi connectivity index (χ4n) is 1.77.